The molecule has 2 heteroatoms. The lowest BCUT2D eigenvalue weighted by atomic mass is 10.2. The molecule has 1 aromatic carbocycles. The van der Waals surface area contributed by atoms with Crippen LogP contribution in [0.5, 0.6) is 0 Å². The van der Waals surface area contributed by atoms with E-state index in [1.54, 1.807) is 0 Å². The molecule has 1 rings (SSSR count). The number of ether oxygens (including phenoxy) is 1. The highest BCUT2D eigenvalue weighted by molar-refractivity contribution is 9.09. The molecular weight excluding hydrogens is 300 g/mol. The minimum Gasteiger partial charge on any atom is -0.490 e. The first-order valence-corrected chi connectivity index (χ1v) is 7.41. The highest BCUT2D eigenvalue weighted by Crippen LogP contribution is 2.13. The summed E-state index contributed by atoms with van der Waals surface area (Å²) in [5.74, 6) is 0.707. The molecule has 0 N–H and O–H groups in total. The van der Waals surface area contributed by atoms with Gasteiger partial charge in [0.2, 0.25) is 0 Å². The zero-order valence-electron chi connectivity index (χ0n) is 11.2. The Balaban J connectivity index is 2.18. The Hall–Kier alpha value is -1.28. The van der Waals surface area contributed by atoms with E-state index in [0.29, 0.717) is 17.2 Å². The second-order valence-electron chi connectivity index (χ2n) is 4.34. The Morgan fingerprint density at radius 1 is 1.32 bits per heavy atom. The molecule has 0 aliphatic carbocycles. The van der Waals surface area contributed by atoms with Crippen LogP contribution in [-0.4, -0.2) is 4.83 Å². The number of allylic oxidation sites excluding steroid dienone is 3. The van der Waals surface area contributed by atoms with E-state index < -0.39 is 0 Å². The summed E-state index contributed by atoms with van der Waals surface area (Å²) >= 11 is 3.61. The van der Waals surface area contributed by atoms with Crippen LogP contribution >= 0.6 is 15.9 Å². The Bertz CT molecular complexity index is 409. The summed E-state index contributed by atoms with van der Waals surface area (Å²) in [7, 11) is 0. The quantitative estimate of drug-likeness (QED) is 0.256. The SMILES string of the molecule is C=CCC(Br)CC/C=C\C(=C)OCc1ccccc1. The molecule has 1 nitrogen and oxygen atoms in total. The molecule has 102 valence electrons. The van der Waals surface area contributed by atoms with Crippen molar-refractivity contribution in [2.75, 3.05) is 0 Å². The van der Waals surface area contributed by atoms with Gasteiger partial charge in [0.05, 0.1) is 0 Å². The van der Waals surface area contributed by atoms with Crippen molar-refractivity contribution in [3.05, 3.63) is 73.0 Å². The van der Waals surface area contributed by atoms with Crippen LogP contribution in [0.4, 0.5) is 0 Å². The number of alkyl halides is 1. The molecule has 0 fully saturated rings. The number of rotatable bonds is 9. The summed E-state index contributed by atoms with van der Waals surface area (Å²) in [4.78, 5) is 0.508. The molecule has 1 atom stereocenters. The first-order valence-electron chi connectivity index (χ1n) is 6.49. The van der Waals surface area contributed by atoms with Crippen molar-refractivity contribution in [2.45, 2.75) is 30.7 Å². The second-order valence-corrected chi connectivity index (χ2v) is 5.64. The maximum Gasteiger partial charge on any atom is 0.113 e. The number of hydrogen-bond donors (Lipinski definition) is 0. The molecule has 0 heterocycles. The van der Waals surface area contributed by atoms with E-state index in [2.05, 4.69) is 35.2 Å². The van der Waals surface area contributed by atoms with Crippen molar-refractivity contribution in [1.29, 1.82) is 0 Å². The van der Waals surface area contributed by atoms with Gasteiger partial charge in [0.15, 0.2) is 0 Å². The van der Waals surface area contributed by atoms with Crippen molar-refractivity contribution in [3.8, 4) is 0 Å². The molecule has 0 radical (unpaired) electrons. The fraction of sp³-hybridized carbons (Fsp3) is 0.294. The van der Waals surface area contributed by atoms with Gasteiger partial charge in [-0.3, -0.25) is 0 Å². The largest absolute Gasteiger partial charge is 0.490 e. The normalized spacial score (nSPS) is 12.3. The molecule has 0 aliphatic rings. The first kappa shape index (κ1) is 15.8. The van der Waals surface area contributed by atoms with Gasteiger partial charge in [0, 0.05) is 4.83 Å². The molecular formula is C17H21BrO. The lowest BCUT2D eigenvalue weighted by Crippen LogP contribution is -1.94. The monoisotopic (exact) mass is 320 g/mol. The van der Waals surface area contributed by atoms with Gasteiger partial charge in [0.1, 0.15) is 12.4 Å². The van der Waals surface area contributed by atoms with Gasteiger partial charge in [-0.25, -0.2) is 0 Å². The Morgan fingerprint density at radius 2 is 2.05 bits per heavy atom. The van der Waals surface area contributed by atoms with E-state index in [0.717, 1.165) is 24.8 Å². The van der Waals surface area contributed by atoms with Crippen LogP contribution in [0, 0.1) is 0 Å². The standard InChI is InChI=1S/C17H21BrO/c1-3-9-17(18)13-8-7-10-15(2)19-14-16-11-5-4-6-12-16/h3-7,10-12,17H,1-2,8-9,13-14H2/b10-7-. The fourth-order valence-corrected chi connectivity index (χ4v) is 2.12. The minimum absolute atomic E-state index is 0.508. The highest BCUT2D eigenvalue weighted by atomic mass is 79.9. The second kappa shape index (κ2) is 9.62. The fourth-order valence-electron chi connectivity index (χ4n) is 1.59. The summed E-state index contributed by atoms with van der Waals surface area (Å²) in [6.45, 7) is 8.18. The Labute approximate surface area is 124 Å². The number of benzene rings is 1. The van der Waals surface area contributed by atoms with Crippen molar-refractivity contribution < 1.29 is 4.74 Å². The molecule has 0 spiro atoms. The van der Waals surface area contributed by atoms with Crippen LogP contribution in [0.15, 0.2) is 67.5 Å². The lowest BCUT2D eigenvalue weighted by molar-refractivity contribution is 0.212. The third kappa shape index (κ3) is 7.68. The van der Waals surface area contributed by atoms with Crippen molar-refractivity contribution in [1.82, 2.24) is 0 Å². The van der Waals surface area contributed by atoms with E-state index in [4.69, 9.17) is 4.74 Å². The van der Waals surface area contributed by atoms with E-state index in [1.807, 2.05) is 42.5 Å². The molecule has 0 bridgehead atoms. The van der Waals surface area contributed by atoms with Gasteiger partial charge in [0.25, 0.3) is 0 Å². The predicted octanol–water partition coefficient (Wildman–Crippen LogP) is 5.39. The van der Waals surface area contributed by atoms with Gasteiger partial charge < -0.3 is 4.74 Å². The van der Waals surface area contributed by atoms with Crippen LogP contribution in [0.25, 0.3) is 0 Å². The molecule has 0 saturated carbocycles. The zero-order chi connectivity index (χ0) is 13.9. The first-order chi connectivity index (χ1) is 9.22. The van der Waals surface area contributed by atoms with Gasteiger partial charge in [-0.1, -0.05) is 65.0 Å². The maximum atomic E-state index is 5.57. The zero-order valence-corrected chi connectivity index (χ0v) is 12.8. The topological polar surface area (TPSA) is 9.23 Å². The average molecular weight is 321 g/mol. The van der Waals surface area contributed by atoms with Crippen molar-refractivity contribution >= 4 is 15.9 Å². The van der Waals surface area contributed by atoms with Gasteiger partial charge >= 0.3 is 0 Å². The van der Waals surface area contributed by atoms with E-state index in [1.165, 1.54) is 0 Å². The molecule has 1 unspecified atom stereocenters. The number of halogens is 1. The van der Waals surface area contributed by atoms with E-state index >= 15 is 0 Å². The third-order valence-corrected chi connectivity index (χ3v) is 3.47. The predicted molar refractivity (Wildman–Crippen MR) is 86.3 cm³/mol. The van der Waals surface area contributed by atoms with Crippen LogP contribution in [-0.2, 0) is 11.3 Å². The van der Waals surface area contributed by atoms with Gasteiger partial charge in [-0.15, -0.1) is 6.58 Å². The molecule has 0 aliphatic heterocycles. The summed E-state index contributed by atoms with van der Waals surface area (Å²) in [6, 6.07) is 10.1. The summed E-state index contributed by atoms with van der Waals surface area (Å²) in [5.41, 5.74) is 1.16. The lowest BCUT2D eigenvalue weighted by Gasteiger charge is -2.06. The molecule has 0 amide bonds. The maximum absolute atomic E-state index is 5.57. The van der Waals surface area contributed by atoms with Crippen LogP contribution in [0.3, 0.4) is 0 Å². The van der Waals surface area contributed by atoms with Gasteiger partial charge in [-0.2, -0.15) is 0 Å². The van der Waals surface area contributed by atoms with E-state index in [9.17, 15) is 0 Å². The smallest absolute Gasteiger partial charge is 0.113 e. The summed E-state index contributed by atoms with van der Waals surface area (Å²) in [5, 5.41) is 0. The van der Waals surface area contributed by atoms with Crippen LogP contribution < -0.4 is 0 Å². The van der Waals surface area contributed by atoms with Crippen LogP contribution in [0.2, 0.25) is 0 Å². The van der Waals surface area contributed by atoms with Gasteiger partial charge in [-0.05, 0) is 30.9 Å². The highest BCUT2D eigenvalue weighted by Gasteiger charge is 1.99. The van der Waals surface area contributed by atoms with Crippen molar-refractivity contribution in [2.24, 2.45) is 0 Å². The molecule has 19 heavy (non-hydrogen) atoms. The van der Waals surface area contributed by atoms with Crippen LogP contribution in [0.1, 0.15) is 24.8 Å². The average Bonchev–Trinajstić information content (AvgIpc) is 2.43. The van der Waals surface area contributed by atoms with E-state index in [-0.39, 0.29) is 0 Å². The number of hydrogen-bond acceptors (Lipinski definition) is 1. The third-order valence-electron chi connectivity index (χ3n) is 2.64. The Kier molecular flexibility index (Phi) is 7.99. The Morgan fingerprint density at radius 3 is 2.74 bits per heavy atom. The summed E-state index contributed by atoms with van der Waals surface area (Å²) in [6.07, 6.45) is 9.08. The van der Waals surface area contributed by atoms with Crippen molar-refractivity contribution in [3.63, 3.8) is 0 Å². The molecule has 0 saturated heterocycles. The molecule has 1 aromatic rings. The minimum atomic E-state index is 0.508. The summed E-state index contributed by atoms with van der Waals surface area (Å²) < 4.78 is 5.57. The molecule has 0 aromatic heterocycles.